The molecular formula is C13H16ClN3O. The lowest BCUT2D eigenvalue weighted by atomic mass is 10.1. The van der Waals surface area contributed by atoms with Gasteiger partial charge in [-0.1, -0.05) is 11.6 Å². The highest BCUT2D eigenvalue weighted by molar-refractivity contribution is 6.30. The van der Waals surface area contributed by atoms with Crippen LogP contribution in [0.25, 0.3) is 5.65 Å². The van der Waals surface area contributed by atoms with E-state index in [0.29, 0.717) is 6.04 Å². The number of nitrogens with one attached hydrogen (secondary N) is 1. The molecule has 2 aromatic heterocycles. The summed E-state index contributed by atoms with van der Waals surface area (Å²) in [6.07, 6.45) is 6.06. The second-order valence-electron chi connectivity index (χ2n) is 4.61. The molecule has 0 aromatic carbocycles. The molecule has 0 amide bonds. The summed E-state index contributed by atoms with van der Waals surface area (Å²) in [5.74, 6) is 0. The number of nitrogens with zero attached hydrogens (tertiary/aromatic N) is 2. The van der Waals surface area contributed by atoms with Gasteiger partial charge in [0.25, 0.3) is 0 Å². The maximum atomic E-state index is 5.95. The van der Waals surface area contributed by atoms with Crippen molar-refractivity contribution >= 4 is 17.2 Å². The maximum Gasteiger partial charge on any atom is 0.137 e. The Labute approximate surface area is 111 Å². The van der Waals surface area contributed by atoms with Crippen LogP contribution in [0.4, 0.5) is 0 Å². The van der Waals surface area contributed by atoms with E-state index < -0.39 is 0 Å². The first-order valence-electron chi connectivity index (χ1n) is 6.25. The van der Waals surface area contributed by atoms with Crippen molar-refractivity contribution in [2.45, 2.75) is 25.4 Å². The van der Waals surface area contributed by atoms with Gasteiger partial charge in [-0.25, -0.2) is 4.98 Å². The molecule has 0 spiro atoms. The molecule has 3 heterocycles. The lowest BCUT2D eigenvalue weighted by Crippen LogP contribution is -2.34. The molecule has 0 atom stereocenters. The highest BCUT2D eigenvalue weighted by Gasteiger charge is 2.13. The molecule has 1 aliphatic rings. The van der Waals surface area contributed by atoms with Gasteiger partial charge in [0.05, 0.1) is 10.7 Å². The number of hydrogen-bond acceptors (Lipinski definition) is 3. The molecule has 0 saturated carbocycles. The van der Waals surface area contributed by atoms with Crippen molar-refractivity contribution in [2.24, 2.45) is 0 Å². The van der Waals surface area contributed by atoms with E-state index in [-0.39, 0.29) is 0 Å². The smallest absolute Gasteiger partial charge is 0.137 e. The van der Waals surface area contributed by atoms with Gasteiger partial charge in [0.1, 0.15) is 5.65 Å². The fraction of sp³-hybridized carbons (Fsp3) is 0.462. The minimum atomic E-state index is 0.548. The van der Waals surface area contributed by atoms with Crippen molar-refractivity contribution in [1.82, 2.24) is 14.7 Å². The Hall–Kier alpha value is -1.10. The van der Waals surface area contributed by atoms with Gasteiger partial charge < -0.3 is 14.5 Å². The predicted molar refractivity (Wildman–Crippen MR) is 70.9 cm³/mol. The minimum Gasteiger partial charge on any atom is -0.381 e. The summed E-state index contributed by atoms with van der Waals surface area (Å²) in [5, 5.41) is 4.25. The second kappa shape index (κ2) is 5.26. The van der Waals surface area contributed by atoms with Crippen LogP contribution in [0.15, 0.2) is 24.5 Å². The molecule has 18 heavy (non-hydrogen) atoms. The summed E-state index contributed by atoms with van der Waals surface area (Å²) in [5.41, 5.74) is 1.98. The zero-order chi connectivity index (χ0) is 12.4. The van der Waals surface area contributed by atoms with Gasteiger partial charge in [0.2, 0.25) is 0 Å². The molecule has 5 heteroatoms. The van der Waals surface area contributed by atoms with Crippen LogP contribution in [-0.4, -0.2) is 28.6 Å². The van der Waals surface area contributed by atoms with Crippen molar-refractivity contribution in [3.63, 3.8) is 0 Å². The van der Waals surface area contributed by atoms with Crippen LogP contribution in [0, 0.1) is 0 Å². The minimum absolute atomic E-state index is 0.548. The molecule has 1 fully saturated rings. The Balaban J connectivity index is 1.67. The number of rotatable bonds is 3. The van der Waals surface area contributed by atoms with E-state index in [1.807, 2.05) is 28.9 Å². The summed E-state index contributed by atoms with van der Waals surface area (Å²) in [6.45, 7) is 2.51. The SMILES string of the molecule is Clc1ccc2nc(CNC3CCOCC3)cn2c1. The van der Waals surface area contributed by atoms with Gasteiger partial charge in [-0.05, 0) is 25.0 Å². The summed E-state index contributed by atoms with van der Waals surface area (Å²) in [7, 11) is 0. The standard InChI is InChI=1S/C13H16ClN3O/c14-10-1-2-13-16-12(9-17(13)8-10)7-15-11-3-5-18-6-4-11/h1-2,8-9,11,15H,3-7H2. The van der Waals surface area contributed by atoms with E-state index >= 15 is 0 Å². The molecule has 2 aromatic rings. The average molecular weight is 266 g/mol. The largest absolute Gasteiger partial charge is 0.381 e. The molecule has 3 rings (SSSR count). The fourth-order valence-electron chi connectivity index (χ4n) is 2.25. The van der Waals surface area contributed by atoms with Crippen LogP contribution in [0.2, 0.25) is 5.02 Å². The Bertz CT molecular complexity index is 534. The number of pyridine rings is 1. The topological polar surface area (TPSA) is 38.6 Å². The van der Waals surface area contributed by atoms with Crippen LogP contribution in [0.1, 0.15) is 18.5 Å². The first kappa shape index (κ1) is 12.0. The maximum absolute atomic E-state index is 5.95. The van der Waals surface area contributed by atoms with Crippen molar-refractivity contribution in [1.29, 1.82) is 0 Å². The molecule has 0 unspecified atom stereocenters. The first-order chi connectivity index (χ1) is 8.81. The van der Waals surface area contributed by atoms with E-state index in [1.54, 1.807) is 0 Å². The Morgan fingerprint density at radius 1 is 1.33 bits per heavy atom. The quantitative estimate of drug-likeness (QED) is 0.925. The second-order valence-corrected chi connectivity index (χ2v) is 5.05. The van der Waals surface area contributed by atoms with Crippen molar-refractivity contribution in [3.8, 4) is 0 Å². The molecule has 1 saturated heterocycles. The molecular weight excluding hydrogens is 250 g/mol. The van der Waals surface area contributed by atoms with Crippen LogP contribution in [0.3, 0.4) is 0 Å². The van der Waals surface area contributed by atoms with Gasteiger partial charge in [-0.15, -0.1) is 0 Å². The van der Waals surface area contributed by atoms with Crippen molar-refractivity contribution in [2.75, 3.05) is 13.2 Å². The average Bonchev–Trinajstić information content (AvgIpc) is 2.79. The zero-order valence-corrected chi connectivity index (χ0v) is 10.9. The highest BCUT2D eigenvalue weighted by atomic mass is 35.5. The van der Waals surface area contributed by atoms with E-state index in [0.717, 1.165) is 49.0 Å². The van der Waals surface area contributed by atoms with Crippen LogP contribution < -0.4 is 5.32 Å². The monoisotopic (exact) mass is 265 g/mol. The number of fused-ring (bicyclic) bond motifs is 1. The lowest BCUT2D eigenvalue weighted by molar-refractivity contribution is 0.0775. The van der Waals surface area contributed by atoms with E-state index in [1.165, 1.54) is 0 Å². The third-order valence-electron chi connectivity index (χ3n) is 3.26. The lowest BCUT2D eigenvalue weighted by Gasteiger charge is -2.22. The third-order valence-corrected chi connectivity index (χ3v) is 3.48. The van der Waals surface area contributed by atoms with Gasteiger partial charge >= 0.3 is 0 Å². The molecule has 0 aliphatic carbocycles. The Morgan fingerprint density at radius 3 is 3.00 bits per heavy atom. The summed E-state index contributed by atoms with van der Waals surface area (Å²) in [6, 6.07) is 4.34. The van der Waals surface area contributed by atoms with E-state index in [4.69, 9.17) is 16.3 Å². The molecule has 4 nitrogen and oxygen atoms in total. The Morgan fingerprint density at radius 2 is 2.17 bits per heavy atom. The van der Waals surface area contributed by atoms with Gasteiger partial charge in [-0.2, -0.15) is 0 Å². The Kier molecular flexibility index (Phi) is 3.50. The number of halogens is 1. The highest BCUT2D eigenvalue weighted by Crippen LogP contribution is 2.12. The fourth-order valence-corrected chi connectivity index (χ4v) is 2.42. The summed E-state index contributed by atoms with van der Waals surface area (Å²) >= 11 is 5.95. The number of aromatic nitrogens is 2. The zero-order valence-electron chi connectivity index (χ0n) is 10.1. The van der Waals surface area contributed by atoms with Gasteiger partial charge in [0.15, 0.2) is 0 Å². The third kappa shape index (κ3) is 2.66. The molecule has 1 N–H and O–H groups in total. The van der Waals surface area contributed by atoms with Crippen LogP contribution in [-0.2, 0) is 11.3 Å². The normalized spacial score (nSPS) is 17.4. The first-order valence-corrected chi connectivity index (χ1v) is 6.63. The number of hydrogen-bond donors (Lipinski definition) is 1. The van der Waals surface area contributed by atoms with Gasteiger partial charge in [-0.3, -0.25) is 0 Å². The summed E-state index contributed by atoms with van der Waals surface area (Å²) < 4.78 is 7.30. The van der Waals surface area contributed by atoms with Crippen molar-refractivity contribution in [3.05, 3.63) is 35.2 Å². The van der Waals surface area contributed by atoms with Crippen LogP contribution in [0.5, 0.6) is 0 Å². The van der Waals surface area contributed by atoms with E-state index in [9.17, 15) is 0 Å². The predicted octanol–water partition coefficient (Wildman–Crippen LogP) is 2.26. The number of imidazole rings is 1. The molecule has 96 valence electrons. The van der Waals surface area contributed by atoms with Crippen LogP contribution >= 0.6 is 11.6 Å². The van der Waals surface area contributed by atoms with E-state index in [2.05, 4.69) is 10.3 Å². The molecule has 1 aliphatic heterocycles. The molecule has 0 bridgehead atoms. The number of ether oxygens (including phenoxy) is 1. The summed E-state index contributed by atoms with van der Waals surface area (Å²) in [4.78, 5) is 4.55. The molecule has 0 radical (unpaired) electrons. The van der Waals surface area contributed by atoms with Gasteiger partial charge in [0, 0.05) is 38.2 Å². The van der Waals surface area contributed by atoms with Crippen molar-refractivity contribution < 1.29 is 4.74 Å².